The highest BCUT2D eigenvalue weighted by Crippen LogP contribution is 2.29. The van der Waals surface area contributed by atoms with Gasteiger partial charge < -0.3 is 5.11 Å². The highest BCUT2D eigenvalue weighted by molar-refractivity contribution is 6.12. The highest BCUT2D eigenvalue weighted by Gasteiger charge is 2.30. The number of hydrogen-bond acceptors (Lipinski definition) is 3. The lowest BCUT2D eigenvalue weighted by Gasteiger charge is -2.28. The number of hydrogen-bond donors (Lipinski definition) is 1. The fourth-order valence-corrected chi connectivity index (χ4v) is 2.46. The predicted molar refractivity (Wildman–Crippen MR) is 58.9 cm³/mol. The van der Waals surface area contributed by atoms with Crippen molar-refractivity contribution in [3.8, 4) is 0 Å². The third kappa shape index (κ3) is 2.54. The number of amides is 2. The minimum atomic E-state index is -0.738. The predicted octanol–water partition coefficient (Wildman–Crippen LogP) is 0.802. The summed E-state index contributed by atoms with van der Waals surface area (Å²) in [4.78, 5) is 34.7. The van der Waals surface area contributed by atoms with Crippen LogP contribution in [0.1, 0.15) is 25.7 Å². The molecule has 92 valence electrons. The summed E-state index contributed by atoms with van der Waals surface area (Å²) in [5.74, 6) is -1.25. The zero-order valence-corrected chi connectivity index (χ0v) is 9.46. The van der Waals surface area contributed by atoms with Crippen molar-refractivity contribution in [3.63, 3.8) is 0 Å². The van der Waals surface area contributed by atoms with Crippen LogP contribution in [0.2, 0.25) is 0 Å². The molecule has 0 aromatic heterocycles. The lowest BCUT2D eigenvalue weighted by atomic mass is 9.82. The fourth-order valence-electron chi connectivity index (χ4n) is 2.46. The Kier molecular flexibility index (Phi) is 3.26. The molecule has 0 unspecified atom stereocenters. The molecule has 0 atom stereocenters. The largest absolute Gasteiger partial charge is 0.481 e. The quantitative estimate of drug-likeness (QED) is 0.737. The number of carboxylic acids is 1. The molecule has 1 saturated carbocycles. The first-order valence-electron chi connectivity index (χ1n) is 5.84. The van der Waals surface area contributed by atoms with Gasteiger partial charge in [-0.3, -0.25) is 19.3 Å². The minimum absolute atomic E-state index is 0.249. The SMILES string of the molecule is O=C1C=CC(=O)N1C[C@H]1CC[C@H](C(=O)O)CC1. The van der Waals surface area contributed by atoms with E-state index in [-0.39, 0.29) is 23.7 Å². The molecule has 0 saturated heterocycles. The van der Waals surface area contributed by atoms with Crippen LogP contribution < -0.4 is 0 Å². The maximum absolute atomic E-state index is 11.4. The van der Waals surface area contributed by atoms with Gasteiger partial charge in [0.05, 0.1) is 5.92 Å². The first-order valence-corrected chi connectivity index (χ1v) is 5.84. The highest BCUT2D eigenvalue weighted by atomic mass is 16.4. The Bertz CT molecular complexity index is 362. The molecule has 1 N–H and O–H groups in total. The van der Waals surface area contributed by atoms with Crippen LogP contribution in [0, 0.1) is 11.8 Å². The van der Waals surface area contributed by atoms with E-state index in [2.05, 4.69) is 0 Å². The lowest BCUT2D eigenvalue weighted by Crippen LogP contribution is -2.36. The molecule has 0 aromatic rings. The summed E-state index contributed by atoms with van der Waals surface area (Å²) < 4.78 is 0. The van der Waals surface area contributed by atoms with Crippen LogP contribution in [0.3, 0.4) is 0 Å². The zero-order valence-electron chi connectivity index (χ0n) is 9.46. The maximum Gasteiger partial charge on any atom is 0.306 e. The second-order valence-electron chi connectivity index (χ2n) is 4.68. The van der Waals surface area contributed by atoms with Gasteiger partial charge in [-0.1, -0.05) is 0 Å². The second kappa shape index (κ2) is 4.69. The second-order valence-corrected chi connectivity index (χ2v) is 4.68. The topological polar surface area (TPSA) is 74.7 Å². The van der Waals surface area contributed by atoms with Crippen molar-refractivity contribution < 1.29 is 19.5 Å². The zero-order chi connectivity index (χ0) is 12.4. The molecule has 1 aliphatic carbocycles. The number of nitrogens with zero attached hydrogens (tertiary/aromatic N) is 1. The van der Waals surface area contributed by atoms with Gasteiger partial charge in [-0.05, 0) is 31.6 Å². The standard InChI is InChI=1S/C12H15NO4/c14-10-5-6-11(15)13(10)7-8-1-3-9(4-2-8)12(16)17/h5-6,8-9H,1-4,7H2,(H,16,17)/t8-,9-. The average Bonchev–Trinajstić information content (AvgIpc) is 2.61. The fraction of sp³-hybridized carbons (Fsp3) is 0.583. The molecule has 5 heteroatoms. The van der Waals surface area contributed by atoms with Gasteiger partial charge in [-0.25, -0.2) is 0 Å². The molecule has 0 radical (unpaired) electrons. The van der Waals surface area contributed by atoms with Crippen molar-refractivity contribution in [1.29, 1.82) is 0 Å². The van der Waals surface area contributed by atoms with E-state index >= 15 is 0 Å². The minimum Gasteiger partial charge on any atom is -0.481 e. The summed E-state index contributed by atoms with van der Waals surface area (Å²) in [6.07, 6.45) is 5.39. The van der Waals surface area contributed by atoms with Crippen LogP contribution in [0.25, 0.3) is 0 Å². The summed E-state index contributed by atoms with van der Waals surface area (Å²) >= 11 is 0. The van der Waals surface area contributed by atoms with Crippen molar-refractivity contribution >= 4 is 17.8 Å². The first kappa shape index (κ1) is 11.8. The summed E-state index contributed by atoms with van der Waals surface area (Å²) in [5, 5.41) is 8.86. The van der Waals surface area contributed by atoms with Crippen LogP contribution in [-0.4, -0.2) is 34.3 Å². The van der Waals surface area contributed by atoms with Crippen LogP contribution in [0.15, 0.2) is 12.2 Å². The molecule has 5 nitrogen and oxygen atoms in total. The van der Waals surface area contributed by atoms with E-state index < -0.39 is 5.97 Å². The Morgan fingerprint density at radius 1 is 1.18 bits per heavy atom. The van der Waals surface area contributed by atoms with E-state index in [1.807, 2.05) is 0 Å². The van der Waals surface area contributed by atoms with Crippen LogP contribution >= 0.6 is 0 Å². The van der Waals surface area contributed by atoms with Gasteiger partial charge in [0.1, 0.15) is 0 Å². The van der Waals surface area contributed by atoms with Crippen molar-refractivity contribution in [2.45, 2.75) is 25.7 Å². The number of rotatable bonds is 3. The first-order chi connectivity index (χ1) is 8.08. The van der Waals surface area contributed by atoms with Gasteiger partial charge in [-0.2, -0.15) is 0 Å². The number of carbonyl (C=O) groups excluding carboxylic acids is 2. The molecule has 0 spiro atoms. The van der Waals surface area contributed by atoms with E-state index in [9.17, 15) is 14.4 Å². The average molecular weight is 237 g/mol. The molecule has 1 heterocycles. The van der Waals surface area contributed by atoms with Crippen molar-refractivity contribution in [1.82, 2.24) is 4.90 Å². The van der Waals surface area contributed by atoms with Gasteiger partial charge in [0.2, 0.25) is 0 Å². The molecule has 0 bridgehead atoms. The monoisotopic (exact) mass is 237 g/mol. The Labute approximate surface area is 99.1 Å². The van der Waals surface area contributed by atoms with E-state index in [1.165, 1.54) is 17.1 Å². The van der Waals surface area contributed by atoms with Gasteiger partial charge in [0, 0.05) is 18.7 Å². The number of carboxylic acid groups (broad SMARTS) is 1. The molecule has 1 fully saturated rings. The Morgan fingerprint density at radius 2 is 1.71 bits per heavy atom. The maximum atomic E-state index is 11.4. The normalized spacial score (nSPS) is 28.8. The Hall–Kier alpha value is -1.65. The Balaban J connectivity index is 1.84. The Morgan fingerprint density at radius 3 is 2.18 bits per heavy atom. The van der Waals surface area contributed by atoms with E-state index in [0.717, 1.165) is 12.8 Å². The van der Waals surface area contributed by atoms with Crippen molar-refractivity contribution in [3.05, 3.63) is 12.2 Å². The summed E-state index contributed by atoms with van der Waals surface area (Å²) in [5.41, 5.74) is 0. The molecule has 2 amide bonds. The van der Waals surface area contributed by atoms with Gasteiger partial charge in [-0.15, -0.1) is 0 Å². The molecule has 2 rings (SSSR count). The number of imide groups is 1. The van der Waals surface area contributed by atoms with E-state index in [4.69, 9.17) is 5.11 Å². The van der Waals surface area contributed by atoms with Gasteiger partial charge >= 0.3 is 5.97 Å². The molecule has 2 aliphatic rings. The summed E-state index contributed by atoms with van der Waals surface area (Å²) in [6.45, 7) is 0.428. The van der Waals surface area contributed by atoms with E-state index in [1.54, 1.807) is 0 Å². The summed E-state index contributed by atoms with van der Waals surface area (Å²) in [6, 6.07) is 0. The van der Waals surface area contributed by atoms with E-state index in [0.29, 0.717) is 19.4 Å². The van der Waals surface area contributed by atoms with Crippen LogP contribution in [0.5, 0.6) is 0 Å². The number of carbonyl (C=O) groups is 3. The molecule has 1 aliphatic heterocycles. The van der Waals surface area contributed by atoms with Crippen molar-refractivity contribution in [2.24, 2.45) is 11.8 Å². The summed E-state index contributed by atoms with van der Waals surface area (Å²) in [7, 11) is 0. The third-order valence-corrected chi connectivity index (χ3v) is 3.54. The van der Waals surface area contributed by atoms with Crippen LogP contribution in [-0.2, 0) is 14.4 Å². The smallest absolute Gasteiger partial charge is 0.306 e. The van der Waals surface area contributed by atoms with Gasteiger partial charge in [0.15, 0.2) is 0 Å². The van der Waals surface area contributed by atoms with Crippen LogP contribution in [0.4, 0.5) is 0 Å². The third-order valence-electron chi connectivity index (χ3n) is 3.54. The molecular weight excluding hydrogens is 222 g/mol. The molecular formula is C12H15NO4. The van der Waals surface area contributed by atoms with Gasteiger partial charge in [0.25, 0.3) is 11.8 Å². The molecule has 17 heavy (non-hydrogen) atoms. The lowest BCUT2D eigenvalue weighted by molar-refractivity contribution is -0.144. The van der Waals surface area contributed by atoms with Crippen molar-refractivity contribution in [2.75, 3.05) is 6.54 Å². The molecule has 0 aromatic carbocycles. The number of aliphatic carboxylic acids is 1.